The van der Waals surface area contributed by atoms with Crippen molar-refractivity contribution < 1.29 is 10.0 Å². The van der Waals surface area contributed by atoms with E-state index in [2.05, 4.69) is 15.8 Å². The summed E-state index contributed by atoms with van der Waals surface area (Å²) >= 11 is 5.14. The van der Waals surface area contributed by atoms with Crippen molar-refractivity contribution in [3.05, 3.63) is 63.2 Å². The van der Waals surface area contributed by atoms with E-state index in [9.17, 15) is 15.2 Å². The van der Waals surface area contributed by atoms with Crippen LogP contribution in [0.25, 0.3) is 0 Å². The molecule has 0 amide bonds. The summed E-state index contributed by atoms with van der Waals surface area (Å²) < 4.78 is 0. The van der Waals surface area contributed by atoms with Crippen LogP contribution in [0.3, 0.4) is 0 Å². The number of rotatable bonds is 4. The molecule has 0 fully saturated rings. The maximum atomic E-state index is 10.7. The third-order valence-corrected chi connectivity index (χ3v) is 3.42. The van der Waals surface area contributed by atoms with Crippen LogP contribution in [0.15, 0.2) is 41.5 Å². The summed E-state index contributed by atoms with van der Waals surface area (Å²) in [6.45, 7) is 3.96. The molecule has 0 aliphatic heterocycles. The molecule has 0 heterocycles. The molecule has 0 aromatic heterocycles. The molecular formula is C16H16N4O3S. The van der Waals surface area contributed by atoms with Gasteiger partial charge in [0.1, 0.15) is 5.75 Å². The van der Waals surface area contributed by atoms with Crippen LogP contribution in [0.1, 0.15) is 16.7 Å². The number of phenolic OH excluding ortho intramolecular Hbond substituents is 1. The van der Waals surface area contributed by atoms with Crippen molar-refractivity contribution in [1.82, 2.24) is 5.43 Å². The number of hydrogen-bond acceptors (Lipinski definition) is 5. The highest BCUT2D eigenvalue weighted by atomic mass is 32.1. The van der Waals surface area contributed by atoms with Gasteiger partial charge in [0.15, 0.2) is 5.11 Å². The second kappa shape index (κ2) is 7.51. The van der Waals surface area contributed by atoms with E-state index < -0.39 is 4.92 Å². The first-order valence-corrected chi connectivity index (χ1v) is 7.42. The highest BCUT2D eigenvalue weighted by Gasteiger charge is 2.08. The van der Waals surface area contributed by atoms with E-state index in [1.165, 1.54) is 24.4 Å². The number of thiocarbonyl (C=S) groups is 1. The van der Waals surface area contributed by atoms with Crippen LogP contribution in [0.5, 0.6) is 5.75 Å². The largest absolute Gasteiger partial charge is 0.507 e. The number of non-ortho nitro benzene ring substituents is 1. The van der Waals surface area contributed by atoms with Gasteiger partial charge in [0.2, 0.25) is 0 Å². The lowest BCUT2D eigenvalue weighted by Crippen LogP contribution is -2.24. The minimum Gasteiger partial charge on any atom is -0.507 e. The van der Waals surface area contributed by atoms with Gasteiger partial charge in [-0.25, -0.2) is 0 Å². The smallest absolute Gasteiger partial charge is 0.270 e. The van der Waals surface area contributed by atoms with E-state index in [1.807, 2.05) is 32.0 Å². The predicted molar refractivity (Wildman–Crippen MR) is 97.6 cm³/mol. The average molecular weight is 344 g/mol. The lowest BCUT2D eigenvalue weighted by molar-refractivity contribution is -0.384. The number of nitro groups is 1. The van der Waals surface area contributed by atoms with Crippen molar-refractivity contribution in [2.24, 2.45) is 5.10 Å². The average Bonchev–Trinajstić information content (AvgIpc) is 2.51. The summed E-state index contributed by atoms with van der Waals surface area (Å²) in [6.07, 6.45) is 1.26. The number of nitrogens with one attached hydrogen (secondary N) is 2. The molecule has 2 rings (SSSR count). The molecule has 0 unspecified atom stereocenters. The van der Waals surface area contributed by atoms with Gasteiger partial charge < -0.3 is 10.4 Å². The fourth-order valence-electron chi connectivity index (χ4n) is 2.02. The minimum atomic E-state index is -0.545. The molecule has 0 radical (unpaired) electrons. The molecule has 0 saturated heterocycles. The van der Waals surface area contributed by atoms with E-state index in [1.54, 1.807) is 0 Å². The van der Waals surface area contributed by atoms with E-state index in [0.29, 0.717) is 0 Å². The number of benzene rings is 2. The molecule has 0 aliphatic carbocycles. The van der Waals surface area contributed by atoms with Gasteiger partial charge in [-0.2, -0.15) is 5.10 Å². The monoisotopic (exact) mass is 344 g/mol. The van der Waals surface area contributed by atoms with Gasteiger partial charge in [-0.1, -0.05) is 17.7 Å². The van der Waals surface area contributed by atoms with E-state index in [-0.39, 0.29) is 22.1 Å². The quantitative estimate of drug-likeness (QED) is 0.341. The Balaban J connectivity index is 2.02. The maximum Gasteiger partial charge on any atom is 0.270 e. The lowest BCUT2D eigenvalue weighted by Gasteiger charge is -2.10. The first-order chi connectivity index (χ1) is 11.4. The molecule has 8 heteroatoms. The SMILES string of the molecule is Cc1ccc(NC(=S)N/N=C/c2cc([N+](=O)[O-])ccc2O)c(C)c1. The van der Waals surface area contributed by atoms with Crippen LogP contribution in [-0.2, 0) is 0 Å². The first kappa shape index (κ1) is 17.4. The van der Waals surface area contributed by atoms with E-state index in [0.717, 1.165) is 16.8 Å². The summed E-state index contributed by atoms with van der Waals surface area (Å²) in [5.74, 6) is -0.112. The Kier molecular flexibility index (Phi) is 5.43. The van der Waals surface area contributed by atoms with Gasteiger partial charge >= 0.3 is 0 Å². The first-order valence-electron chi connectivity index (χ1n) is 7.01. The standard InChI is InChI=1S/C16H16N4O3S/c1-10-3-5-14(11(2)7-10)18-16(24)19-17-9-12-8-13(20(22)23)4-6-15(12)21/h3-9,21H,1-2H3,(H2,18,19,24)/b17-9+. The topological polar surface area (TPSA) is 99.8 Å². The number of anilines is 1. The molecule has 0 aliphatic rings. The Morgan fingerprint density at radius 2 is 2.04 bits per heavy atom. The molecule has 3 N–H and O–H groups in total. The van der Waals surface area contributed by atoms with Crippen LogP contribution >= 0.6 is 12.2 Å². The Hall–Kier alpha value is -3.00. The second-order valence-electron chi connectivity index (χ2n) is 5.14. The number of aryl methyl sites for hydroxylation is 2. The third-order valence-electron chi connectivity index (χ3n) is 3.22. The summed E-state index contributed by atoms with van der Waals surface area (Å²) in [7, 11) is 0. The molecule has 0 atom stereocenters. The number of nitro benzene ring substituents is 1. The Morgan fingerprint density at radius 3 is 2.71 bits per heavy atom. The zero-order valence-electron chi connectivity index (χ0n) is 13.1. The molecule has 0 spiro atoms. The highest BCUT2D eigenvalue weighted by Crippen LogP contribution is 2.21. The van der Waals surface area contributed by atoms with Gasteiger partial charge in [-0.15, -0.1) is 0 Å². The Morgan fingerprint density at radius 1 is 1.29 bits per heavy atom. The zero-order valence-corrected chi connectivity index (χ0v) is 13.9. The van der Waals surface area contributed by atoms with Gasteiger partial charge in [0, 0.05) is 23.4 Å². The highest BCUT2D eigenvalue weighted by molar-refractivity contribution is 7.80. The fourth-order valence-corrected chi connectivity index (χ4v) is 2.19. The van der Waals surface area contributed by atoms with Crippen LogP contribution in [-0.4, -0.2) is 21.4 Å². The lowest BCUT2D eigenvalue weighted by atomic mass is 10.1. The van der Waals surface area contributed by atoms with Crippen LogP contribution < -0.4 is 10.7 Å². The summed E-state index contributed by atoms with van der Waals surface area (Å²) in [4.78, 5) is 10.2. The number of hydrogen-bond donors (Lipinski definition) is 3. The van der Waals surface area contributed by atoms with Crippen molar-refractivity contribution >= 4 is 34.9 Å². The van der Waals surface area contributed by atoms with Gasteiger partial charge in [-0.05, 0) is 43.8 Å². The van der Waals surface area contributed by atoms with Crippen molar-refractivity contribution in [1.29, 1.82) is 0 Å². The number of phenols is 1. The second-order valence-corrected chi connectivity index (χ2v) is 5.55. The number of aromatic hydroxyl groups is 1. The molecule has 0 saturated carbocycles. The zero-order chi connectivity index (χ0) is 17.7. The van der Waals surface area contributed by atoms with Gasteiger partial charge in [0.05, 0.1) is 11.1 Å². The van der Waals surface area contributed by atoms with Crippen molar-refractivity contribution in [2.75, 3.05) is 5.32 Å². The summed E-state index contributed by atoms with van der Waals surface area (Å²) in [5.41, 5.74) is 5.73. The molecular weight excluding hydrogens is 328 g/mol. The molecule has 24 heavy (non-hydrogen) atoms. The van der Waals surface area contributed by atoms with Crippen molar-refractivity contribution in [3.63, 3.8) is 0 Å². The molecule has 0 bridgehead atoms. The molecule has 124 valence electrons. The summed E-state index contributed by atoms with van der Waals surface area (Å²) in [6, 6.07) is 9.58. The third kappa shape index (κ3) is 4.50. The van der Waals surface area contributed by atoms with Crippen molar-refractivity contribution in [3.8, 4) is 5.75 Å². The molecule has 7 nitrogen and oxygen atoms in total. The van der Waals surface area contributed by atoms with Crippen LogP contribution in [0.2, 0.25) is 0 Å². The summed E-state index contributed by atoms with van der Waals surface area (Å²) in [5, 5.41) is 27.6. The molecule has 2 aromatic rings. The fraction of sp³-hybridized carbons (Fsp3) is 0.125. The van der Waals surface area contributed by atoms with Crippen LogP contribution in [0, 0.1) is 24.0 Å². The van der Waals surface area contributed by atoms with Gasteiger partial charge in [-0.3, -0.25) is 15.5 Å². The number of nitrogens with zero attached hydrogens (tertiary/aromatic N) is 2. The maximum absolute atomic E-state index is 10.7. The normalized spacial score (nSPS) is 10.6. The van der Waals surface area contributed by atoms with Crippen LogP contribution in [0.4, 0.5) is 11.4 Å². The van der Waals surface area contributed by atoms with E-state index >= 15 is 0 Å². The predicted octanol–water partition coefficient (Wildman–Crippen LogP) is 3.24. The number of hydrazone groups is 1. The van der Waals surface area contributed by atoms with E-state index in [4.69, 9.17) is 12.2 Å². The minimum absolute atomic E-state index is 0.112. The van der Waals surface area contributed by atoms with Crippen molar-refractivity contribution in [2.45, 2.75) is 13.8 Å². The Bertz CT molecular complexity index is 821. The molecule has 2 aromatic carbocycles. The van der Waals surface area contributed by atoms with Gasteiger partial charge in [0.25, 0.3) is 5.69 Å². The Labute approximate surface area is 144 Å².